The Morgan fingerprint density at radius 3 is 2.28 bits per heavy atom. The molecule has 0 fully saturated rings. The van der Waals surface area contributed by atoms with Crippen molar-refractivity contribution < 1.29 is 28.2 Å². The monoisotopic (exact) mass is 565 g/mol. The lowest BCUT2D eigenvalue weighted by Crippen LogP contribution is -2.22. The van der Waals surface area contributed by atoms with Crippen molar-refractivity contribution >= 4 is 27.4 Å². The van der Waals surface area contributed by atoms with E-state index in [0.29, 0.717) is 23.9 Å². The van der Waals surface area contributed by atoms with E-state index in [2.05, 4.69) is 5.32 Å². The Labute approximate surface area is 232 Å². The van der Waals surface area contributed by atoms with Crippen molar-refractivity contribution in [2.45, 2.75) is 28.7 Å². The summed E-state index contributed by atoms with van der Waals surface area (Å²) in [6.07, 6.45) is 0.919. The Kier molecular flexibility index (Phi) is 9.37. The second-order valence-corrected chi connectivity index (χ2v) is 11.3. The number of carboxylic acids is 1. The van der Waals surface area contributed by atoms with Gasteiger partial charge in [0.05, 0.1) is 21.5 Å². The molecule has 0 heterocycles. The zero-order valence-corrected chi connectivity index (χ0v) is 22.5. The standard InChI is InChI=1S/C30H28ClNO6S/c31-24-8-1-6-22(17-24)29(33)20-32-16-4-5-21-12-14-27(15-13-21)39(36,37)28-11-3-10-26(19-28)38-25-9-2-7-23(18-25)30(34)35/h1-3,6-15,17-19,29,32-33H,4-5,16,20H2,(H,34,35)/t29-/m0/s1. The SMILES string of the molecule is O=C(O)c1cccc(Oc2cccc(S(=O)(=O)c3ccc(CCCNC[C@H](O)c4cccc(Cl)c4)cc3)c2)c1. The van der Waals surface area contributed by atoms with Crippen molar-refractivity contribution in [3.63, 3.8) is 0 Å². The maximum absolute atomic E-state index is 13.2. The average molecular weight is 566 g/mol. The van der Waals surface area contributed by atoms with E-state index in [1.165, 1.54) is 24.3 Å². The van der Waals surface area contributed by atoms with Crippen molar-refractivity contribution in [3.8, 4) is 11.5 Å². The molecule has 0 spiro atoms. The van der Waals surface area contributed by atoms with E-state index in [-0.39, 0.29) is 21.1 Å². The van der Waals surface area contributed by atoms with Crippen LogP contribution >= 0.6 is 11.6 Å². The summed E-state index contributed by atoms with van der Waals surface area (Å²) in [5.74, 6) is -0.505. The lowest BCUT2D eigenvalue weighted by atomic mass is 10.1. The predicted molar refractivity (Wildman–Crippen MR) is 149 cm³/mol. The van der Waals surface area contributed by atoms with Crippen LogP contribution in [0.5, 0.6) is 11.5 Å². The molecule has 1 atom stereocenters. The van der Waals surface area contributed by atoms with Crippen LogP contribution in [0.4, 0.5) is 0 Å². The number of halogens is 1. The third-order valence-electron chi connectivity index (χ3n) is 6.06. The fourth-order valence-corrected chi connectivity index (χ4v) is 5.49. The number of sulfone groups is 1. The number of rotatable bonds is 12. The minimum atomic E-state index is -3.78. The molecule has 0 aliphatic heterocycles. The second-order valence-electron chi connectivity index (χ2n) is 8.94. The van der Waals surface area contributed by atoms with Crippen LogP contribution in [0.15, 0.2) is 107 Å². The first-order chi connectivity index (χ1) is 18.7. The molecule has 0 aromatic heterocycles. The number of benzene rings is 4. The van der Waals surface area contributed by atoms with E-state index in [9.17, 15) is 18.3 Å². The van der Waals surface area contributed by atoms with Crippen molar-refractivity contribution in [3.05, 3.63) is 119 Å². The first-order valence-electron chi connectivity index (χ1n) is 12.3. The van der Waals surface area contributed by atoms with Crippen molar-refractivity contribution in [2.75, 3.05) is 13.1 Å². The maximum Gasteiger partial charge on any atom is 0.335 e. The highest BCUT2D eigenvalue weighted by atomic mass is 35.5. The Balaban J connectivity index is 1.32. The van der Waals surface area contributed by atoms with Gasteiger partial charge in [-0.3, -0.25) is 0 Å². The van der Waals surface area contributed by atoms with Gasteiger partial charge in [-0.25, -0.2) is 13.2 Å². The molecule has 0 saturated carbocycles. The molecule has 0 aliphatic rings. The van der Waals surface area contributed by atoms with Gasteiger partial charge in [-0.1, -0.05) is 48.0 Å². The molecular weight excluding hydrogens is 538 g/mol. The molecule has 0 bridgehead atoms. The van der Waals surface area contributed by atoms with Crippen LogP contribution in [0.2, 0.25) is 5.02 Å². The Bertz CT molecular complexity index is 1540. The van der Waals surface area contributed by atoms with E-state index in [0.717, 1.165) is 24.0 Å². The van der Waals surface area contributed by atoms with Gasteiger partial charge in [-0.2, -0.15) is 0 Å². The summed E-state index contributed by atoms with van der Waals surface area (Å²) in [5, 5.41) is 23.3. The van der Waals surface area contributed by atoms with Crippen LogP contribution in [-0.2, 0) is 16.3 Å². The number of aryl methyl sites for hydroxylation is 1. The lowest BCUT2D eigenvalue weighted by Gasteiger charge is -2.12. The van der Waals surface area contributed by atoms with Crippen LogP contribution in [0.3, 0.4) is 0 Å². The van der Waals surface area contributed by atoms with Gasteiger partial charge >= 0.3 is 5.97 Å². The number of carbonyl (C=O) groups is 1. The molecule has 4 aromatic carbocycles. The fraction of sp³-hybridized carbons (Fsp3) is 0.167. The predicted octanol–water partition coefficient (Wildman–Crippen LogP) is 5.92. The zero-order valence-electron chi connectivity index (χ0n) is 21.0. The highest BCUT2D eigenvalue weighted by Crippen LogP contribution is 2.28. The number of aliphatic hydroxyl groups is 1. The molecule has 39 heavy (non-hydrogen) atoms. The molecule has 7 nitrogen and oxygen atoms in total. The van der Waals surface area contributed by atoms with Crippen molar-refractivity contribution in [1.82, 2.24) is 5.32 Å². The second kappa shape index (κ2) is 12.9. The van der Waals surface area contributed by atoms with Gasteiger partial charge in [0, 0.05) is 11.6 Å². The van der Waals surface area contributed by atoms with Crippen molar-refractivity contribution in [1.29, 1.82) is 0 Å². The van der Waals surface area contributed by atoms with Gasteiger partial charge in [-0.05, 0) is 91.2 Å². The van der Waals surface area contributed by atoms with Crippen LogP contribution in [0, 0.1) is 0 Å². The van der Waals surface area contributed by atoms with Gasteiger partial charge in [0.2, 0.25) is 9.84 Å². The number of nitrogens with one attached hydrogen (secondary N) is 1. The third-order valence-corrected chi connectivity index (χ3v) is 8.06. The van der Waals surface area contributed by atoms with E-state index in [1.807, 2.05) is 6.07 Å². The smallest absolute Gasteiger partial charge is 0.335 e. The summed E-state index contributed by atoms with van der Waals surface area (Å²) >= 11 is 5.97. The molecule has 4 aromatic rings. The highest BCUT2D eigenvalue weighted by Gasteiger charge is 2.18. The molecule has 3 N–H and O–H groups in total. The Morgan fingerprint density at radius 2 is 1.56 bits per heavy atom. The Hall–Kier alpha value is -3.69. The number of hydrogen-bond acceptors (Lipinski definition) is 6. The topological polar surface area (TPSA) is 113 Å². The van der Waals surface area contributed by atoms with E-state index < -0.39 is 21.9 Å². The van der Waals surface area contributed by atoms with Gasteiger partial charge in [-0.15, -0.1) is 0 Å². The first kappa shape index (κ1) is 28.3. The van der Waals surface area contributed by atoms with Crippen LogP contribution in [0.1, 0.15) is 34.0 Å². The fourth-order valence-electron chi connectivity index (χ4n) is 3.99. The number of carboxylic acid groups (broad SMARTS) is 1. The van der Waals surface area contributed by atoms with Crippen LogP contribution < -0.4 is 10.1 Å². The molecule has 4 rings (SSSR count). The largest absolute Gasteiger partial charge is 0.478 e. The third kappa shape index (κ3) is 7.68. The first-order valence-corrected chi connectivity index (χ1v) is 14.2. The molecule has 0 aliphatic carbocycles. The average Bonchev–Trinajstić information content (AvgIpc) is 2.93. The lowest BCUT2D eigenvalue weighted by molar-refractivity contribution is 0.0696. The number of ether oxygens (including phenoxy) is 1. The van der Waals surface area contributed by atoms with E-state index in [4.69, 9.17) is 21.4 Å². The minimum Gasteiger partial charge on any atom is -0.478 e. The van der Waals surface area contributed by atoms with E-state index >= 15 is 0 Å². The maximum atomic E-state index is 13.2. The molecule has 0 saturated heterocycles. The van der Waals surface area contributed by atoms with Gasteiger partial charge in [0.25, 0.3) is 0 Å². The normalized spacial score (nSPS) is 12.2. The van der Waals surface area contributed by atoms with Gasteiger partial charge < -0.3 is 20.3 Å². The molecule has 0 unspecified atom stereocenters. The summed E-state index contributed by atoms with van der Waals surface area (Å²) in [4.78, 5) is 11.4. The zero-order chi connectivity index (χ0) is 27.8. The summed E-state index contributed by atoms with van der Waals surface area (Å²) in [7, 11) is -3.78. The summed E-state index contributed by atoms with van der Waals surface area (Å²) in [5.41, 5.74) is 1.83. The molecule has 9 heteroatoms. The highest BCUT2D eigenvalue weighted by molar-refractivity contribution is 7.91. The van der Waals surface area contributed by atoms with Gasteiger partial charge in [0.15, 0.2) is 0 Å². The Morgan fingerprint density at radius 1 is 0.872 bits per heavy atom. The van der Waals surface area contributed by atoms with Crippen LogP contribution in [-0.4, -0.2) is 37.7 Å². The number of hydrogen-bond donors (Lipinski definition) is 3. The van der Waals surface area contributed by atoms with Gasteiger partial charge in [0.1, 0.15) is 11.5 Å². The molecule has 202 valence electrons. The van der Waals surface area contributed by atoms with Crippen molar-refractivity contribution in [2.24, 2.45) is 0 Å². The minimum absolute atomic E-state index is 0.0716. The summed E-state index contributed by atoms with van der Waals surface area (Å²) in [6, 6.07) is 26.0. The quantitative estimate of drug-likeness (QED) is 0.183. The molecule has 0 radical (unpaired) electrons. The molecular formula is C30H28ClNO6S. The summed E-state index contributed by atoms with van der Waals surface area (Å²) < 4.78 is 32.2. The van der Waals surface area contributed by atoms with Crippen LogP contribution in [0.25, 0.3) is 0 Å². The number of aromatic carboxylic acids is 1. The molecule has 0 amide bonds. The van der Waals surface area contributed by atoms with E-state index in [1.54, 1.807) is 66.7 Å². The number of aliphatic hydroxyl groups excluding tert-OH is 1. The summed E-state index contributed by atoms with van der Waals surface area (Å²) in [6.45, 7) is 1.10.